The molecule has 5 aliphatic rings. The lowest BCUT2D eigenvalue weighted by Crippen LogP contribution is -2.71. The zero-order chi connectivity index (χ0) is 30.1. The third-order valence-electron chi connectivity index (χ3n) is 8.56. The zero-order valence-electron chi connectivity index (χ0n) is 24.0. The third kappa shape index (κ3) is 6.60. The molecule has 2 atom stereocenters. The van der Waals surface area contributed by atoms with Crippen molar-refractivity contribution in [2.75, 3.05) is 37.7 Å². The highest BCUT2D eigenvalue weighted by Crippen LogP contribution is 2.41. The Morgan fingerprint density at radius 2 is 1.98 bits per heavy atom. The van der Waals surface area contributed by atoms with Crippen molar-refractivity contribution in [1.29, 1.82) is 0 Å². The first-order valence-electron chi connectivity index (χ1n) is 14.7. The second kappa shape index (κ2) is 13.9. The average Bonchev–Trinajstić information content (AvgIpc) is 3.75. The Morgan fingerprint density at radius 3 is 2.66 bits per heavy atom. The smallest absolute Gasteiger partial charge is 0.352 e. The molecule has 6 rings (SSSR count). The van der Waals surface area contributed by atoms with Gasteiger partial charge in [0.1, 0.15) is 28.9 Å². The van der Waals surface area contributed by atoms with Crippen LogP contribution >= 0.6 is 35.5 Å². The van der Waals surface area contributed by atoms with Crippen molar-refractivity contribution in [3.8, 4) is 0 Å². The highest BCUT2D eigenvalue weighted by atomic mass is 35.5. The van der Waals surface area contributed by atoms with Crippen molar-refractivity contribution in [3.63, 3.8) is 0 Å². The van der Waals surface area contributed by atoms with E-state index >= 15 is 0 Å². The Morgan fingerprint density at radius 1 is 1.23 bits per heavy atom. The van der Waals surface area contributed by atoms with Crippen molar-refractivity contribution in [1.82, 2.24) is 25.4 Å². The first-order valence-corrected chi connectivity index (χ1v) is 16.6. The van der Waals surface area contributed by atoms with Gasteiger partial charge in [-0.05, 0) is 75.6 Å². The largest absolute Gasteiger partial charge is 0.477 e. The summed E-state index contributed by atoms with van der Waals surface area (Å²) in [6, 6.07) is -0.956. The number of anilines is 1. The van der Waals surface area contributed by atoms with Crippen LogP contribution in [-0.2, 0) is 24.0 Å². The van der Waals surface area contributed by atoms with Crippen LogP contribution < -0.4 is 16.4 Å². The molecular formula is C28H36ClN7O6S2. The van der Waals surface area contributed by atoms with Crippen LogP contribution in [0.3, 0.4) is 0 Å². The lowest BCUT2D eigenvalue weighted by Gasteiger charge is -2.49. The molecule has 44 heavy (non-hydrogen) atoms. The monoisotopic (exact) mass is 665 g/mol. The number of hydrogen-bond donors (Lipinski definition) is 4. The molecule has 5 N–H and O–H groups in total. The van der Waals surface area contributed by atoms with E-state index in [1.54, 1.807) is 11.5 Å². The van der Waals surface area contributed by atoms with Gasteiger partial charge >= 0.3 is 5.97 Å². The Hall–Kier alpha value is -3.14. The van der Waals surface area contributed by atoms with Gasteiger partial charge in [0.25, 0.3) is 11.8 Å². The van der Waals surface area contributed by atoms with Crippen LogP contribution in [-0.4, -0.2) is 98.7 Å². The van der Waals surface area contributed by atoms with Crippen LogP contribution in [0.25, 0.3) is 0 Å². The average molecular weight is 666 g/mol. The Bertz CT molecular complexity index is 1400. The van der Waals surface area contributed by atoms with Crippen LogP contribution in [0.1, 0.15) is 50.6 Å². The van der Waals surface area contributed by atoms with Crippen molar-refractivity contribution in [2.24, 2.45) is 11.1 Å². The lowest BCUT2D eigenvalue weighted by atomic mass is 9.97. The number of aromatic nitrogens is 1. The summed E-state index contributed by atoms with van der Waals surface area (Å²) in [4.78, 5) is 65.0. The highest BCUT2D eigenvalue weighted by Gasteiger charge is 2.54. The normalized spacial score (nSPS) is 25.6. The van der Waals surface area contributed by atoms with Crippen LogP contribution in [0.5, 0.6) is 0 Å². The number of hydrogen-bond acceptors (Lipinski definition) is 11. The summed E-state index contributed by atoms with van der Waals surface area (Å²) in [6.45, 7) is 3.22. The number of fused-ring (bicyclic) bond motifs is 1. The van der Waals surface area contributed by atoms with Crippen molar-refractivity contribution < 1.29 is 29.1 Å². The zero-order valence-corrected chi connectivity index (χ0v) is 26.5. The summed E-state index contributed by atoms with van der Waals surface area (Å²) in [6.07, 6.45) is 7.90. The molecule has 238 valence electrons. The topological polar surface area (TPSA) is 180 Å². The van der Waals surface area contributed by atoms with Crippen molar-refractivity contribution in [2.45, 2.75) is 62.5 Å². The number of thioether (sulfide) groups is 1. The predicted molar refractivity (Wildman–Crippen MR) is 168 cm³/mol. The van der Waals surface area contributed by atoms with Crippen LogP contribution in [0.4, 0.5) is 5.13 Å². The van der Waals surface area contributed by atoms with E-state index in [1.165, 1.54) is 16.7 Å². The van der Waals surface area contributed by atoms with Crippen LogP contribution in [0.15, 0.2) is 33.5 Å². The molecule has 4 aliphatic heterocycles. The van der Waals surface area contributed by atoms with Gasteiger partial charge in [-0.3, -0.25) is 19.3 Å². The summed E-state index contributed by atoms with van der Waals surface area (Å²) >= 11 is 2.50. The first kappa shape index (κ1) is 32.3. The molecule has 0 radical (unpaired) electrons. The van der Waals surface area contributed by atoms with Gasteiger partial charge in [-0.1, -0.05) is 5.16 Å². The van der Waals surface area contributed by atoms with E-state index in [4.69, 9.17) is 10.6 Å². The van der Waals surface area contributed by atoms with Crippen molar-refractivity contribution >= 4 is 70.0 Å². The third-order valence-corrected chi connectivity index (χ3v) is 10.5. The van der Waals surface area contributed by atoms with E-state index in [0.29, 0.717) is 36.6 Å². The fourth-order valence-corrected chi connectivity index (χ4v) is 8.10. The van der Waals surface area contributed by atoms with Gasteiger partial charge in [0, 0.05) is 29.8 Å². The number of likely N-dealkylation sites (tertiary alicyclic amines) is 1. The minimum absolute atomic E-state index is 0. The van der Waals surface area contributed by atoms with E-state index in [0.717, 1.165) is 63.0 Å². The maximum atomic E-state index is 13.3. The number of amides is 3. The molecule has 1 saturated carbocycles. The fourth-order valence-electron chi connectivity index (χ4n) is 6.25. The number of carboxylic acids is 1. The van der Waals surface area contributed by atoms with E-state index in [2.05, 4.69) is 20.8 Å². The number of allylic oxidation sites excluding steroid dienone is 1. The number of carbonyl (C=O) groups is 4. The molecule has 1 aliphatic carbocycles. The number of nitrogens with zero attached hydrogens (tertiary/aromatic N) is 4. The first-order chi connectivity index (χ1) is 20.8. The number of nitrogens with one attached hydrogen (secondary N) is 2. The molecular weight excluding hydrogens is 630 g/mol. The molecule has 3 amide bonds. The standard InChI is InChI=1S/C28H35N7O6S2.ClH/c29-28-31-19(14-43-28)20(33-41-18-3-1-2-4-18)23(36)32-21-25(38)35-22(27(39)40)17(13-42-26(21)35)11-16-7-10-34(24(16)37)12-15-5-8-30-9-6-15;/h11,14-15,18,21,26,30H,1-10,12-13H2,(H2,29,31)(H,32,36)(H,39,40);1H/b16-11?,33-20-;/t21-,26-;/m1./s1. The summed E-state index contributed by atoms with van der Waals surface area (Å²) < 4.78 is 0. The van der Waals surface area contributed by atoms with Gasteiger partial charge in [0.15, 0.2) is 10.8 Å². The fraction of sp³-hybridized carbons (Fsp3) is 0.571. The number of thiazole rings is 1. The molecule has 0 aromatic carbocycles. The van der Waals surface area contributed by atoms with Gasteiger partial charge in [0.2, 0.25) is 5.91 Å². The van der Waals surface area contributed by atoms with Gasteiger partial charge in [-0.15, -0.1) is 35.5 Å². The summed E-state index contributed by atoms with van der Waals surface area (Å²) in [5.74, 6) is -1.78. The van der Waals surface area contributed by atoms with Gasteiger partial charge in [-0.2, -0.15) is 0 Å². The summed E-state index contributed by atoms with van der Waals surface area (Å²) in [5.41, 5.74) is 6.77. The Labute approximate surface area is 269 Å². The molecule has 5 heterocycles. The van der Waals surface area contributed by atoms with Crippen LogP contribution in [0.2, 0.25) is 0 Å². The SMILES string of the molecule is Cl.Nc1nc(/C(=N/OC2CCCC2)C(=O)N[C@@H]2C(=O)N3C(C(=O)O)=C(C=C4CCN(CC5CCNCC5)C4=O)CS[C@H]23)cs1. The molecule has 3 saturated heterocycles. The maximum absolute atomic E-state index is 13.3. The molecule has 1 aromatic rings. The van der Waals surface area contributed by atoms with Gasteiger partial charge in [0.05, 0.1) is 0 Å². The molecule has 0 bridgehead atoms. The van der Waals surface area contributed by atoms with Gasteiger partial charge < -0.3 is 31.2 Å². The quantitative estimate of drug-likeness (QED) is 0.131. The molecule has 1 aromatic heterocycles. The Kier molecular flexibility index (Phi) is 10.2. The minimum Gasteiger partial charge on any atom is -0.477 e. The molecule has 16 heteroatoms. The van der Waals surface area contributed by atoms with E-state index in [9.17, 15) is 24.3 Å². The molecule has 0 unspecified atom stereocenters. The van der Waals surface area contributed by atoms with E-state index in [1.807, 2.05) is 4.90 Å². The summed E-state index contributed by atoms with van der Waals surface area (Å²) in [7, 11) is 0. The molecule has 4 fully saturated rings. The Balaban J connectivity index is 0.00000384. The predicted octanol–water partition coefficient (Wildman–Crippen LogP) is 1.71. The summed E-state index contributed by atoms with van der Waals surface area (Å²) in [5, 5.41) is 21.5. The van der Waals surface area contributed by atoms with Crippen molar-refractivity contribution in [3.05, 3.63) is 34.0 Å². The number of rotatable bonds is 9. The van der Waals surface area contributed by atoms with E-state index < -0.39 is 29.2 Å². The number of piperidine rings is 1. The highest BCUT2D eigenvalue weighted by molar-refractivity contribution is 8.00. The number of oxime groups is 1. The number of nitrogen functional groups attached to an aromatic ring is 1. The number of β-lactam (4-membered cyclic amide) rings is 1. The molecule has 0 spiro atoms. The second-order valence-corrected chi connectivity index (χ2v) is 13.4. The number of carboxylic acid groups (broad SMARTS) is 1. The van der Waals surface area contributed by atoms with Crippen LogP contribution in [0, 0.1) is 5.92 Å². The number of carbonyl (C=O) groups excluding carboxylic acids is 3. The number of nitrogens with two attached hydrogens (primary N) is 1. The minimum atomic E-state index is -1.25. The van der Waals surface area contributed by atoms with Gasteiger partial charge in [-0.25, -0.2) is 9.78 Å². The number of halogens is 1. The lowest BCUT2D eigenvalue weighted by molar-refractivity contribution is -0.150. The maximum Gasteiger partial charge on any atom is 0.352 e. The molecule has 13 nitrogen and oxygen atoms in total. The van der Waals surface area contributed by atoms with E-state index in [-0.39, 0.29) is 52.4 Å². The number of aliphatic carboxylic acids is 1. The second-order valence-electron chi connectivity index (χ2n) is 11.4.